The van der Waals surface area contributed by atoms with Gasteiger partial charge in [-0.25, -0.2) is 0 Å². The van der Waals surface area contributed by atoms with Crippen LogP contribution in [0.5, 0.6) is 11.5 Å². The van der Waals surface area contributed by atoms with Crippen molar-refractivity contribution in [2.45, 2.75) is 45.6 Å². The fraction of sp³-hybridized carbons (Fsp3) is 0.526. The number of benzene rings is 1. The van der Waals surface area contributed by atoms with Crippen molar-refractivity contribution in [1.82, 2.24) is 5.32 Å². The maximum atomic E-state index is 12.6. The van der Waals surface area contributed by atoms with E-state index in [9.17, 15) is 4.79 Å². The zero-order valence-electron chi connectivity index (χ0n) is 14.1. The second-order valence-corrected chi connectivity index (χ2v) is 6.19. The lowest BCUT2D eigenvalue weighted by molar-refractivity contribution is 0.0922. The molecular weight excluding hydrogens is 290 g/mol. The Hall–Kier alpha value is -2.15. The third-order valence-electron chi connectivity index (χ3n) is 4.48. The van der Waals surface area contributed by atoms with Crippen molar-refractivity contribution in [3.05, 3.63) is 23.3 Å². The van der Waals surface area contributed by atoms with Gasteiger partial charge in [0.15, 0.2) is 11.5 Å². The van der Waals surface area contributed by atoms with Crippen LogP contribution in [0.25, 0.3) is 0 Å². The predicted octanol–water partition coefficient (Wildman–Crippen LogP) is 3.32. The van der Waals surface area contributed by atoms with Gasteiger partial charge in [0.2, 0.25) is 0 Å². The molecule has 0 bridgehead atoms. The van der Waals surface area contributed by atoms with Crippen LogP contribution in [0.3, 0.4) is 0 Å². The van der Waals surface area contributed by atoms with E-state index in [1.165, 1.54) is 12.8 Å². The molecule has 2 rings (SSSR count). The number of ether oxygens (including phenoxy) is 2. The number of methoxy groups -OCH3 is 1. The topological polar surface area (TPSA) is 47.6 Å². The van der Waals surface area contributed by atoms with E-state index in [4.69, 9.17) is 15.9 Å². The minimum Gasteiger partial charge on any atom is -0.493 e. The molecule has 0 spiro atoms. The minimum absolute atomic E-state index is 0.0520. The summed E-state index contributed by atoms with van der Waals surface area (Å²) in [4.78, 5) is 12.6. The number of carbonyl (C=O) groups excluding carboxylic acids is 1. The van der Waals surface area contributed by atoms with Gasteiger partial charge in [0.25, 0.3) is 5.91 Å². The molecule has 0 atom stereocenters. The Balaban J connectivity index is 2.12. The van der Waals surface area contributed by atoms with Gasteiger partial charge in [0, 0.05) is 17.2 Å². The first-order valence-corrected chi connectivity index (χ1v) is 8.11. The van der Waals surface area contributed by atoms with Gasteiger partial charge >= 0.3 is 0 Å². The Labute approximate surface area is 138 Å². The molecule has 0 saturated heterocycles. The van der Waals surface area contributed by atoms with Crippen molar-refractivity contribution in [3.63, 3.8) is 0 Å². The van der Waals surface area contributed by atoms with Crippen molar-refractivity contribution >= 4 is 5.91 Å². The third-order valence-corrected chi connectivity index (χ3v) is 4.48. The predicted molar refractivity (Wildman–Crippen MR) is 90.9 cm³/mol. The summed E-state index contributed by atoms with van der Waals surface area (Å²) in [6, 6.07) is 3.77. The number of nitrogens with one attached hydrogen (secondary N) is 1. The highest BCUT2D eigenvalue weighted by atomic mass is 16.5. The van der Waals surface area contributed by atoms with E-state index >= 15 is 0 Å². The fourth-order valence-electron chi connectivity index (χ4n) is 3.07. The largest absolute Gasteiger partial charge is 0.493 e. The van der Waals surface area contributed by atoms with Crippen LogP contribution >= 0.6 is 0 Å². The highest BCUT2D eigenvalue weighted by molar-refractivity contribution is 5.96. The molecule has 23 heavy (non-hydrogen) atoms. The number of terminal acetylenes is 1. The lowest BCUT2D eigenvalue weighted by Gasteiger charge is -2.27. The summed E-state index contributed by atoms with van der Waals surface area (Å²) < 4.78 is 10.9. The number of amides is 1. The second-order valence-electron chi connectivity index (χ2n) is 6.19. The Morgan fingerprint density at radius 1 is 1.35 bits per heavy atom. The molecule has 124 valence electrons. The average Bonchev–Trinajstić information content (AvgIpc) is 2.55. The summed E-state index contributed by atoms with van der Waals surface area (Å²) in [6.45, 7) is 4.29. The van der Waals surface area contributed by atoms with Crippen LogP contribution < -0.4 is 14.8 Å². The van der Waals surface area contributed by atoms with Crippen LogP contribution in [0.4, 0.5) is 0 Å². The van der Waals surface area contributed by atoms with Crippen molar-refractivity contribution in [3.8, 4) is 23.8 Å². The Morgan fingerprint density at radius 3 is 2.65 bits per heavy atom. The molecule has 1 N–H and O–H groups in total. The molecule has 1 amide bonds. The van der Waals surface area contributed by atoms with E-state index in [1.807, 2.05) is 6.92 Å². The van der Waals surface area contributed by atoms with Crippen molar-refractivity contribution in [1.29, 1.82) is 0 Å². The van der Waals surface area contributed by atoms with Gasteiger partial charge in [0.1, 0.15) is 6.61 Å². The van der Waals surface area contributed by atoms with Gasteiger partial charge in [-0.2, -0.15) is 0 Å². The first-order chi connectivity index (χ1) is 11.1. The zero-order chi connectivity index (χ0) is 16.8. The van der Waals surface area contributed by atoms with E-state index in [-0.39, 0.29) is 18.6 Å². The SMILES string of the molecule is C#CCOc1ccc(C(=O)NC2CCC(C)CC2)c(C)c1OC. The summed E-state index contributed by atoms with van der Waals surface area (Å²) in [5.74, 6) is 4.26. The highest BCUT2D eigenvalue weighted by Crippen LogP contribution is 2.33. The van der Waals surface area contributed by atoms with Gasteiger partial charge < -0.3 is 14.8 Å². The van der Waals surface area contributed by atoms with E-state index < -0.39 is 0 Å². The molecule has 0 aromatic heterocycles. The molecule has 4 heteroatoms. The summed E-state index contributed by atoms with van der Waals surface area (Å²) in [6.07, 6.45) is 9.66. The summed E-state index contributed by atoms with van der Waals surface area (Å²) in [5.41, 5.74) is 1.39. The van der Waals surface area contributed by atoms with Crippen molar-refractivity contribution in [2.75, 3.05) is 13.7 Å². The highest BCUT2D eigenvalue weighted by Gasteiger charge is 2.22. The molecule has 0 radical (unpaired) electrons. The lowest BCUT2D eigenvalue weighted by atomic mass is 9.87. The average molecular weight is 315 g/mol. The quantitative estimate of drug-likeness (QED) is 0.848. The lowest BCUT2D eigenvalue weighted by Crippen LogP contribution is -2.37. The monoisotopic (exact) mass is 315 g/mol. The first kappa shape index (κ1) is 17.2. The second kappa shape index (κ2) is 7.92. The van der Waals surface area contributed by atoms with E-state index in [1.54, 1.807) is 19.2 Å². The van der Waals surface area contributed by atoms with Gasteiger partial charge in [-0.3, -0.25) is 4.79 Å². The Kier molecular flexibility index (Phi) is 5.92. The Bertz CT molecular complexity index is 595. The number of hydrogen-bond donors (Lipinski definition) is 1. The van der Waals surface area contributed by atoms with Crippen molar-refractivity contribution < 1.29 is 14.3 Å². The standard InChI is InChI=1S/C19H25NO3/c1-5-12-23-17-11-10-16(14(3)18(17)22-4)19(21)20-15-8-6-13(2)7-9-15/h1,10-11,13,15H,6-9,12H2,2-4H3,(H,20,21). The molecule has 0 unspecified atom stereocenters. The van der Waals surface area contributed by atoms with Gasteiger partial charge in [-0.1, -0.05) is 12.8 Å². The van der Waals surface area contributed by atoms with Crippen molar-refractivity contribution in [2.24, 2.45) is 5.92 Å². The van der Waals surface area contributed by atoms with E-state index in [0.717, 1.165) is 24.3 Å². The molecule has 1 saturated carbocycles. The van der Waals surface area contributed by atoms with Crippen LogP contribution in [0.15, 0.2) is 12.1 Å². The molecule has 0 aliphatic heterocycles. The Morgan fingerprint density at radius 2 is 2.04 bits per heavy atom. The molecule has 1 fully saturated rings. The van der Waals surface area contributed by atoms with Gasteiger partial charge in [-0.15, -0.1) is 6.42 Å². The van der Waals surface area contributed by atoms with E-state index in [0.29, 0.717) is 17.1 Å². The zero-order valence-corrected chi connectivity index (χ0v) is 14.1. The van der Waals surface area contributed by atoms with Gasteiger partial charge in [0.05, 0.1) is 7.11 Å². The smallest absolute Gasteiger partial charge is 0.251 e. The molecule has 0 heterocycles. The number of hydrogen-bond acceptors (Lipinski definition) is 3. The maximum absolute atomic E-state index is 12.6. The summed E-state index contributed by atoms with van der Waals surface area (Å²) in [5, 5.41) is 3.14. The molecule has 4 nitrogen and oxygen atoms in total. The summed E-state index contributed by atoms with van der Waals surface area (Å²) >= 11 is 0. The molecule has 1 aliphatic carbocycles. The van der Waals surface area contributed by atoms with Crippen LogP contribution in [-0.4, -0.2) is 25.7 Å². The number of carbonyl (C=O) groups is 1. The van der Waals surface area contributed by atoms with Gasteiger partial charge in [-0.05, 0) is 50.7 Å². The fourth-order valence-corrected chi connectivity index (χ4v) is 3.07. The van der Waals surface area contributed by atoms with Crippen LogP contribution in [0.2, 0.25) is 0 Å². The van der Waals surface area contributed by atoms with E-state index in [2.05, 4.69) is 18.2 Å². The summed E-state index contributed by atoms with van der Waals surface area (Å²) in [7, 11) is 1.56. The normalized spacial score (nSPS) is 20.4. The maximum Gasteiger partial charge on any atom is 0.251 e. The minimum atomic E-state index is -0.0520. The number of rotatable bonds is 5. The third kappa shape index (κ3) is 4.19. The van der Waals surface area contributed by atoms with Crippen LogP contribution in [-0.2, 0) is 0 Å². The van der Waals surface area contributed by atoms with Crippen LogP contribution in [0, 0.1) is 25.2 Å². The molecule has 1 aromatic rings. The molecule has 1 aromatic carbocycles. The van der Waals surface area contributed by atoms with Crippen LogP contribution in [0.1, 0.15) is 48.5 Å². The molecule has 1 aliphatic rings. The first-order valence-electron chi connectivity index (χ1n) is 8.11. The molecular formula is C19H25NO3.